The van der Waals surface area contributed by atoms with E-state index in [1.165, 1.54) is 28.2 Å². The fourth-order valence-electron chi connectivity index (χ4n) is 2.20. The van der Waals surface area contributed by atoms with E-state index < -0.39 is 0 Å². The molecule has 0 aromatic carbocycles. The Hall–Kier alpha value is -0.380. The Balaban J connectivity index is 2.58. The Kier molecular flexibility index (Phi) is 7.05. The summed E-state index contributed by atoms with van der Waals surface area (Å²) in [5, 5.41) is 3.50. The maximum atomic E-state index is 3.50. The maximum absolute atomic E-state index is 3.50. The van der Waals surface area contributed by atoms with Gasteiger partial charge in [0.2, 0.25) is 0 Å². The predicted molar refractivity (Wildman–Crippen MR) is 86.9 cm³/mol. The molecule has 1 N–H and O–H groups in total. The van der Waals surface area contributed by atoms with Crippen molar-refractivity contribution in [2.45, 2.75) is 72.6 Å². The number of hydrogen-bond donors (Lipinski definition) is 1. The van der Waals surface area contributed by atoms with Crippen LogP contribution in [0.2, 0.25) is 0 Å². The molecule has 0 amide bonds. The Morgan fingerprint density at radius 2 is 2.00 bits per heavy atom. The molecule has 2 nitrogen and oxygen atoms in total. The summed E-state index contributed by atoms with van der Waals surface area (Å²) in [7, 11) is 2.24. The van der Waals surface area contributed by atoms with E-state index in [1.807, 2.05) is 11.3 Å². The lowest BCUT2D eigenvalue weighted by Crippen LogP contribution is -2.28. The van der Waals surface area contributed by atoms with E-state index in [-0.39, 0.29) is 0 Å². The molecule has 1 unspecified atom stereocenters. The average Bonchev–Trinajstić information content (AvgIpc) is 2.68. The Bertz CT molecular complexity index is 371. The van der Waals surface area contributed by atoms with Gasteiger partial charge in [0.25, 0.3) is 0 Å². The molecule has 1 rings (SSSR count). The van der Waals surface area contributed by atoms with Crippen LogP contribution in [-0.4, -0.2) is 24.0 Å². The van der Waals surface area contributed by atoms with Crippen LogP contribution in [0.3, 0.4) is 0 Å². The number of nitrogens with zero attached hydrogens (tertiary/aromatic N) is 1. The lowest BCUT2D eigenvalue weighted by Gasteiger charge is -2.24. The summed E-state index contributed by atoms with van der Waals surface area (Å²) >= 11 is 1.93. The van der Waals surface area contributed by atoms with Crippen LogP contribution in [0, 0.1) is 6.92 Å². The SMILES string of the molecule is CCCC(C)N(C)Cc1cc(CNC(C)C)sc1C. The van der Waals surface area contributed by atoms with Gasteiger partial charge in [0.15, 0.2) is 0 Å². The zero-order valence-electron chi connectivity index (χ0n) is 13.4. The highest BCUT2D eigenvalue weighted by Crippen LogP contribution is 2.23. The van der Waals surface area contributed by atoms with Crippen molar-refractivity contribution in [3.05, 3.63) is 21.4 Å². The van der Waals surface area contributed by atoms with Gasteiger partial charge in [-0.3, -0.25) is 4.90 Å². The first kappa shape index (κ1) is 16.7. The molecule has 1 atom stereocenters. The molecule has 0 fully saturated rings. The maximum Gasteiger partial charge on any atom is 0.0302 e. The number of thiophene rings is 1. The zero-order chi connectivity index (χ0) is 14.4. The summed E-state index contributed by atoms with van der Waals surface area (Å²) in [6.07, 6.45) is 2.54. The molecule has 1 aromatic heterocycles. The van der Waals surface area contributed by atoms with E-state index in [2.05, 4.69) is 57.9 Å². The van der Waals surface area contributed by atoms with Crippen molar-refractivity contribution in [1.82, 2.24) is 10.2 Å². The van der Waals surface area contributed by atoms with Crippen molar-refractivity contribution in [3.8, 4) is 0 Å². The number of nitrogens with one attached hydrogen (secondary N) is 1. The normalized spacial score (nSPS) is 13.5. The second-order valence-electron chi connectivity index (χ2n) is 5.88. The van der Waals surface area contributed by atoms with Gasteiger partial charge in [-0.25, -0.2) is 0 Å². The van der Waals surface area contributed by atoms with Gasteiger partial charge in [-0.15, -0.1) is 11.3 Å². The summed E-state index contributed by atoms with van der Waals surface area (Å²) in [5.41, 5.74) is 1.50. The van der Waals surface area contributed by atoms with Crippen LogP contribution in [0.5, 0.6) is 0 Å². The molecule has 1 heterocycles. The minimum absolute atomic E-state index is 0.554. The predicted octanol–water partition coefficient (Wildman–Crippen LogP) is 4.17. The quantitative estimate of drug-likeness (QED) is 0.769. The molecule has 0 saturated carbocycles. The molecule has 0 aliphatic rings. The molecule has 0 aliphatic heterocycles. The third-order valence-electron chi connectivity index (χ3n) is 3.63. The summed E-state index contributed by atoms with van der Waals surface area (Å²) in [6, 6.07) is 3.60. The van der Waals surface area contributed by atoms with Crippen LogP contribution in [0.25, 0.3) is 0 Å². The highest BCUT2D eigenvalue weighted by molar-refractivity contribution is 7.12. The van der Waals surface area contributed by atoms with Crippen molar-refractivity contribution in [2.75, 3.05) is 7.05 Å². The zero-order valence-corrected chi connectivity index (χ0v) is 14.2. The Morgan fingerprint density at radius 3 is 2.58 bits per heavy atom. The Morgan fingerprint density at radius 1 is 1.32 bits per heavy atom. The molecule has 3 heteroatoms. The van der Waals surface area contributed by atoms with Crippen LogP contribution in [-0.2, 0) is 13.1 Å². The van der Waals surface area contributed by atoms with E-state index in [4.69, 9.17) is 0 Å². The molecule has 0 aliphatic carbocycles. The van der Waals surface area contributed by atoms with Crippen LogP contribution >= 0.6 is 11.3 Å². The summed E-state index contributed by atoms with van der Waals surface area (Å²) in [6.45, 7) is 13.3. The highest BCUT2D eigenvalue weighted by atomic mass is 32.1. The lowest BCUT2D eigenvalue weighted by atomic mass is 10.1. The van der Waals surface area contributed by atoms with E-state index in [0.717, 1.165) is 13.1 Å². The van der Waals surface area contributed by atoms with Crippen molar-refractivity contribution in [2.24, 2.45) is 0 Å². The first-order valence-electron chi connectivity index (χ1n) is 7.45. The first-order chi connectivity index (χ1) is 8.93. The number of aryl methyl sites for hydroxylation is 1. The van der Waals surface area contributed by atoms with Crippen LogP contribution in [0.4, 0.5) is 0 Å². The Labute approximate surface area is 123 Å². The van der Waals surface area contributed by atoms with Crippen molar-refractivity contribution in [3.63, 3.8) is 0 Å². The molecule has 110 valence electrons. The monoisotopic (exact) mass is 282 g/mol. The molecule has 19 heavy (non-hydrogen) atoms. The smallest absolute Gasteiger partial charge is 0.0302 e. The largest absolute Gasteiger partial charge is 0.310 e. The van der Waals surface area contributed by atoms with Gasteiger partial charge in [0, 0.05) is 34.9 Å². The molecule has 0 bridgehead atoms. The summed E-state index contributed by atoms with van der Waals surface area (Å²) < 4.78 is 0. The fourth-order valence-corrected chi connectivity index (χ4v) is 3.20. The topological polar surface area (TPSA) is 15.3 Å². The number of rotatable bonds is 8. The standard InChI is InChI=1S/C16H30N2S/c1-7-8-13(4)18(6)11-15-9-16(19-14(15)5)10-17-12(2)3/h9,12-13,17H,7-8,10-11H2,1-6H3. The molecular weight excluding hydrogens is 252 g/mol. The molecule has 0 saturated heterocycles. The van der Waals surface area contributed by atoms with E-state index >= 15 is 0 Å². The van der Waals surface area contributed by atoms with Crippen LogP contribution in [0.1, 0.15) is 55.9 Å². The minimum Gasteiger partial charge on any atom is -0.310 e. The van der Waals surface area contributed by atoms with Gasteiger partial charge in [-0.05, 0) is 38.9 Å². The molecule has 1 aromatic rings. The van der Waals surface area contributed by atoms with Gasteiger partial charge in [-0.2, -0.15) is 0 Å². The minimum atomic E-state index is 0.554. The van der Waals surface area contributed by atoms with Crippen molar-refractivity contribution in [1.29, 1.82) is 0 Å². The van der Waals surface area contributed by atoms with Crippen LogP contribution < -0.4 is 5.32 Å². The lowest BCUT2D eigenvalue weighted by molar-refractivity contribution is 0.236. The summed E-state index contributed by atoms with van der Waals surface area (Å²) in [4.78, 5) is 5.40. The molecule has 0 radical (unpaired) electrons. The van der Waals surface area contributed by atoms with Gasteiger partial charge in [0.05, 0.1) is 0 Å². The average molecular weight is 282 g/mol. The molecular formula is C16H30N2S. The third-order valence-corrected chi connectivity index (χ3v) is 4.73. The third kappa shape index (κ3) is 5.64. The van der Waals surface area contributed by atoms with Crippen molar-refractivity contribution >= 4 is 11.3 Å². The van der Waals surface area contributed by atoms with E-state index in [0.29, 0.717) is 12.1 Å². The van der Waals surface area contributed by atoms with E-state index in [1.54, 1.807) is 0 Å². The van der Waals surface area contributed by atoms with Gasteiger partial charge < -0.3 is 5.32 Å². The van der Waals surface area contributed by atoms with Crippen LogP contribution in [0.15, 0.2) is 6.07 Å². The highest BCUT2D eigenvalue weighted by Gasteiger charge is 2.12. The van der Waals surface area contributed by atoms with Gasteiger partial charge >= 0.3 is 0 Å². The van der Waals surface area contributed by atoms with Crippen molar-refractivity contribution < 1.29 is 0 Å². The second-order valence-corrected chi connectivity index (χ2v) is 7.22. The summed E-state index contributed by atoms with van der Waals surface area (Å²) in [5.74, 6) is 0. The van der Waals surface area contributed by atoms with Gasteiger partial charge in [0.1, 0.15) is 0 Å². The van der Waals surface area contributed by atoms with Gasteiger partial charge in [-0.1, -0.05) is 27.2 Å². The van der Waals surface area contributed by atoms with E-state index in [9.17, 15) is 0 Å². The first-order valence-corrected chi connectivity index (χ1v) is 8.27. The molecule has 0 spiro atoms. The number of hydrogen-bond acceptors (Lipinski definition) is 3. The fraction of sp³-hybridized carbons (Fsp3) is 0.750. The second kappa shape index (κ2) is 8.03.